The number of rotatable bonds is 5. The van der Waals surface area contributed by atoms with E-state index in [0.717, 1.165) is 42.9 Å². The van der Waals surface area contributed by atoms with Gasteiger partial charge in [0, 0.05) is 35.8 Å². The van der Waals surface area contributed by atoms with E-state index in [4.69, 9.17) is 21.1 Å². The molecule has 0 bridgehead atoms. The van der Waals surface area contributed by atoms with Crippen molar-refractivity contribution in [3.05, 3.63) is 46.0 Å². The zero-order valence-corrected chi connectivity index (χ0v) is 18.5. The summed E-state index contributed by atoms with van der Waals surface area (Å²) in [6.45, 7) is 5.97. The molecule has 162 valence electrons. The van der Waals surface area contributed by atoms with Gasteiger partial charge in [-0.3, -0.25) is 4.79 Å². The number of pyridine rings is 1. The molecule has 0 spiro atoms. The van der Waals surface area contributed by atoms with Gasteiger partial charge in [-0.05, 0) is 50.5 Å². The number of nitrogens with one attached hydrogen (secondary N) is 1. The van der Waals surface area contributed by atoms with Gasteiger partial charge in [-0.2, -0.15) is 10.2 Å². The number of anilines is 2. The van der Waals surface area contributed by atoms with Crippen molar-refractivity contribution in [3.8, 4) is 11.9 Å². The lowest BCUT2D eigenvalue weighted by molar-refractivity contribution is -0.118. The van der Waals surface area contributed by atoms with Crippen LogP contribution in [-0.4, -0.2) is 36.2 Å². The lowest BCUT2D eigenvalue weighted by Gasteiger charge is -2.35. The third-order valence-electron chi connectivity index (χ3n) is 5.53. The molecule has 0 aliphatic carbocycles. The van der Waals surface area contributed by atoms with E-state index >= 15 is 0 Å². The van der Waals surface area contributed by atoms with E-state index in [1.165, 1.54) is 0 Å². The number of carbonyl (C=O) groups excluding carboxylic acids is 1. The van der Waals surface area contributed by atoms with Crippen molar-refractivity contribution in [2.24, 2.45) is 0 Å². The van der Waals surface area contributed by atoms with E-state index in [1.54, 1.807) is 24.3 Å². The minimum Gasteiger partial charge on any atom is -0.467 e. The third kappa shape index (κ3) is 4.76. The van der Waals surface area contributed by atoms with Crippen molar-refractivity contribution in [2.75, 3.05) is 29.9 Å². The van der Waals surface area contributed by atoms with Gasteiger partial charge < -0.3 is 19.7 Å². The van der Waals surface area contributed by atoms with Gasteiger partial charge in [0.25, 0.3) is 5.91 Å². The van der Waals surface area contributed by atoms with Crippen LogP contribution in [0.2, 0.25) is 5.02 Å². The molecule has 8 heteroatoms. The first kappa shape index (κ1) is 21.4. The van der Waals surface area contributed by atoms with E-state index in [1.807, 2.05) is 13.8 Å². The average Bonchev–Trinajstić information content (AvgIpc) is 3.25. The Hall–Kier alpha value is -2.82. The van der Waals surface area contributed by atoms with Crippen LogP contribution in [0, 0.1) is 11.3 Å². The van der Waals surface area contributed by atoms with Crippen molar-refractivity contribution in [3.63, 3.8) is 0 Å². The summed E-state index contributed by atoms with van der Waals surface area (Å²) in [7, 11) is 0. The zero-order valence-electron chi connectivity index (χ0n) is 17.7. The predicted molar refractivity (Wildman–Crippen MR) is 119 cm³/mol. The first-order valence-corrected chi connectivity index (χ1v) is 10.8. The quantitative estimate of drug-likeness (QED) is 0.753. The second-order valence-electron chi connectivity index (χ2n) is 8.45. The minimum atomic E-state index is -0.385. The number of fused-ring (bicyclic) bond motifs is 1. The van der Waals surface area contributed by atoms with Crippen LogP contribution in [0.1, 0.15) is 43.4 Å². The Bertz CT molecular complexity index is 1040. The standard InChI is InChI=1S/C23H25ClN4O3/c1-23(2)11-17-18(12-25)22(27-21(19(17)13-31-23)28-8-3-4-9-28)30-14-20(29)26-16-7-5-6-15(24)10-16/h5-7,10H,3-4,8-9,11,13-14H2,1-2H3,(H,26,29). The molecular formula is C23H25ClN4O3. The van der Waals surface area contributed by atoms with E-state index in [-0.39, 0.29) is 24.0 Å². The van der Waals surface area contributed by atoms with Crippen LogP contribution in [0.5, 0.6) is 5.88 Å². The summed E-state index contributed by atoms with van der Waals surface area (Å²) < 4.78 is 11.8. The maximum absolute atomic E-state index is 12.4. The molecule has 1 saturated heterocycles. The molecule has 0 atom stereocenters. The Balaban J connectivity index is 1.61. The summed E-state index contributed by atoms with van der Waals surface area (Å²) in [6.07, 6.45) is 2.78. The molecule has 1 amide bonds. The maximum Gasteiger partial charge on any atom is 0.262 e. The second kappa shape index (κ2) is 8.74. The van der Waals surface area contributed by atoms with Crippen LogP contribution in [0.15, 0.2) is 24.3 Å². The Morgan fingerprint density at radius 3 is 2.84 bits per heavy atom. The molecule has 0 unspecified atom stereocenters. The Kier molecular flexibility index (Phi) is 6.03. The number of amides is 1. The largest absolute Gasteiger partial charge is 0.467 e. The summed E-state index contributed by atoms with van der Waals surface area (Å²) in [5.41, 5.74) is 2.43. The number of benzene rings is 1. The fraction of sp³-hybridized carbons (Fsp3) is 0.435. The summed E-state index contributed by atoms with van der Waals surface area (Å²) in [6, 6.07) is 9.14. The van der Waals surface area contributed by atoms with Crippen LogP contribution in [0.25, 0.3) is 0 Å². The predicted octanol–water partition coefficient (Wildman–Crippen LogP) is 4.08. The van der Waals surface area contributed by atoms with E-state index in [2.05, 4.69) is 21.3 Å². The molecule has 3 heterocycles. The molecular weight excluding hydrogens is 416 g/mol. The zero-order chi connectivity index (χ0) is 22.0. The molecule has 2 aliphatic rings. The lowest BCUT2D eigenvalue weighted by Crippen LogP contribution is -2.34. The van der Waals surface area contributed by atoms with Crippen LogP contribution in [0.4, 0.5) is 11.5 Å². The Morgan fingerprint density at radius 1 is 1.35 bits per heavy atom. The number of nitriles is 1. The summed E-state index contributed by atoms with van der Waals surface area (Å²) in [5.74, 6) is 0.645. The molecule has 2 aliphatic heterocycles. The molecule has 0 radical (unpaired) electrons. The van der Waals surface area contributed by atoms with E-state index in [9.17, 15) is 10.1 Å². The molecule has 1 aromatic heterocycles. The van der Waals surface area contributed by atoms with E-state index in [0.29, 0.717) is 29.3 Å². The average molecular weight is 441 g/mol. The third-order valence-corrected chi connectivity index (χ3v) is 5.77. The highest BCUT2D eigenvalue weighted by Crippen LogP contribution is 2.39. The van der Waals surface area contributed by atoms with E-state index < -0.39 is 0 Å². The lowest BCUT2D eigenvalue weighted by atomic mass is 9.89. The number of ether oxygens (including phenoxy) is 2. The van der Waals surface area contributed by atoms with Gasteiger partial charge in [0.15, 0.2) is 6.61 Å². The topological polar surface area (TPSA) is 87.5 Å². The monoisotopic (exact) mass is 440 g/mol. The molecule has 4 rings (SSSR count). The fourth-order valence-corrected chi connectivity index (χ4v) is 4.22. The van der Waals surface area contributed by atoms with Crippen molar-refractivity contribution < 1.29 is 14.3 Å². The minimum absolute atomic E-state index is 0.196. The van der Waals surface area contributed by atoms with Gasteiger partial charge in [0.2, 0.25) is 5.88 Å². The van der Waals surface area contributed by atoms with Gasteiger partial charge in [0.1, 0.15) is 17.5 Å². The SMILES string of the molecule is CC1(C)Cc2c(C#N)c(OCC(=O)Nc3cccc(Cl)c3)nc(N3CCCC3)c2CO1. The molecule has 0 saturated carbocycles. The molecule has 1 fully saturated rings. The van der Waals surface area contributed by atoms with Crippen LogP contribution in [-0.2, 0) is 22.6 Å². The first-order chi connectivity index (χ1) is 14.9. The highest BCUT2D eigenvalue weighted by Gasteiger charge is 2.34. The first-order valence-electron chi connectivity index (χ1n) is 10.4. The highest BCUT2D eigenvalue weighted by molar-refractivity contribution is 6.30. The van der Waals surface area contributed by atoms with Gasteiger partial charge in [-0.25, -0.2) is 0 Å². The summed E-state index contributed by atoms with van der Waals surface area (Å²) in [4.78, 5) is 19.3. The van der Waals surface area contributed by atoms with Crippen molar-refractivity contribution in [2.45, 2.75) is 45.3 Å². The fourth-order valence-electron chi connectivity index (χ4n) is 4.03. The summed E-state index contributed by atoms with van der Waals surface area (Å²) >= 11 is 5.97. The maximum atomic E-state index is 12.4. The molecule has 1 N–H and O–H groups in total. The Labute approximate surface area is 186 Å². The highest BCUT2D eigenvalue weighted by atomic mass is 35.5. The molecule has 1 aromatic carbocycles. The van der Waals surface area contributed by atoms with Crippen LogP contribution in [0.3, 0.4) is 0 Å². The normalized spacial score (nSPS) is 17.0. The summed E-state index contributed by atoms with van der Waals surface area (Å²) in [5, 5.41) is 13.2. The smallest absolute Gasteiger partial charge is 0.262 e. The van der Waals surface area contributed by atoms with Crippen molar-refractivity contribution in [1.82, 2.24) is 4.98 Å². The Morgan fingerprint density at radius 2 is 2.13 bits per heavy atom. The number of nitrogens with zero attached hydrogens (tertiary/aromatic N) is 3. The van der Waals surface area contributed by atoms with Crippen LogP contribution < -0.4 is 15.0 Å². The molecule has 2 aromatic rings. The van der Waals surface area contributed by atoms with Crippen LogP contribution >= 0.6 is 11.6 Å². The number of hydrogen-bond acceptors (Lipinski definition) is 6. The number of aromatic nitrogens is 1. The van der Waals surface area contributed by atoms with Gasteiger partial charge in [0.05, 0.1) is 12.2 Å². The van der Waals surface area contributed by atoms with Gasteiger partial charge in [-0.15, -0.1) is 0 Å². The van der Waals surface area contributed by atoms with Crippen molar-refractivity contribution in [1.29, 1.82) is 5.26 Å². The number of hydrogen-bond donors (Lipinski definition) is 1. The number of halogens is 1. The van der Waals surface area contributed by atoms with Gasteiger partial charge in [-0.1, -0.05) is 17.7 Å². The number of carbonyl (C=O) groups is 1. The molecule has 31 heavy (non-hydrogen) atoms. The van der Waals surface area contributed by atoms with Gasteiger partial charge >= 0.3 is 0 Å². The molecule has 7 nitrogen and oxygen atoms in total. The second-order valence-corrected chi connectivity index (χ2v) is 8.89. The van der Waals surface area contributed by atoms with Crippen molar-refractivity contribution >= 4 is 29.0 Å².